The van der Waals surface area contributed by atoms with Crippen LogP contribution in [0.25, 0.3) is 0 Å². The Kier molecular flexibility index (Phi) is 5.62. The molecule has 3 heteroatoms. The van der Waals surface area contributed by atoms with Crippen LogP contribution in [-0.2, 0) is 12.0 Å². The molecule has 0 radical (unpaired) electrons. The quantitative estimate of drug-likeness (QED) is 0.814. The number of rotatable bonds is 6. The van der Waals surface area contributed by atoms with E-state index in [1.165, 1.54) is 54.1 Å². The van der Waals surface area contributed by atoms with Crippen molar-refractivity contribution in [1.29, 1.82) is 0 Å². The van der Waals surface area contributed by atoms with Crippen LogP contribution in [0, 0.1) is 12.8 Å². The molecule has 1 heterocycles. The van der Waals surface area contributed by atoms with Gasteiger partial charge in [-0.05, 0) is 45.1 Å². The Morgan fingerprint density at radius 3 is 2.70 bits per heavy atom. The molecule has 2 nitrogen and oxygen atoms in total. The van der Waals surface area contributed by atoms with E-state index in [1.807, 2.05) is 11.3 Å². The van der Waals surface area contributed by atoms with Crippen molar-refractivity contribution in [3.63, 3.8) is 0 Å². The Hall–Kier alpha value is -0.410. The first-order valence-electron chi connectivity index (χ1n) is 8.39. The van der Waals surface area contributed by atoms with Gasteiger partial charge in [0.2, 0.25) is 0 Å². The minimum Gasteiger partial charge on any atom is -0.305 e. The molecule has 1 aromatic rings. The molecule has 1 N–H and O–H groups in total. The molecule has 1 aromatic heterocycles. The molecule has 0 bridgehead atoms. The van der Waals surface area contributed by atoms with Crippen LogP contribution in [0.3, 0.4) is 0 Å². The number of hydrogen-bond acceptors (Lipinski definition) is 3. The average molecular weight is 295 g/mol. The van der Waals surface area contributed by atoms with Gasteiger partial charge < -0.3 is 5.32 Å². The highest BCUT2D eigenvalue weighted by molar-refractivity contribution is 7.11. The Morgan fingerprint density at radius 2 is 2.10 bits per heavy atom. The smallest absolute Gasteiger partial charge is 0.114 e. The van der Waals surface area contributed by atoms with Gasteiger partial charge in [-0.3, -0.25) is 0 Å². The third-order valence-corrected chi connectivity index (χ3v) is 6.05. The molecule has 1 saturated carbocycles. The minimum absolute atomic E-state index is 0.159. The van der Waals surface area contributed by atoms with Gasteiger partial charge in [-0.2, -0.15) is 0 Å². The SMILES string of the molecule is CCCNC1(c2nc(CC)c(C)s2)CCCCC1CC. The number of aromatic nitrogens is 1. The van der Waals surface area contributed by atoms with Crippen molar-refractivity contribution in [1.82, 2.24) is 10.3 Å². The third-order valence-electron chi connectivity index (χ3n) is 4.86. The van der Waals surface area contributed by atoms with Crippen LogP contribution < -0.4 is 5.32 Å². The lowest BCUT2D eigenvalue weighted by atomic mass is 9.71. The van der Waals surface area contributed by atoms with Crippen LogP contribution in [0.15, 0.2) is 0 Å². The van der Waals surface area contributed by atoms with Crippen LogP contribution >= 0.6 is 11.3 Å². The van der Waals surface area contributed by atoms with Crippen LogP contribution in [0.1, 0.15) is 74.9 Å². The van der Waals surface area contributed by atoms with Crippen molar-refractivity contribution in [3.8, 4) is 0 Å². The molecule has 0 aliphatic heterocycles. The van der Waals surface area contributed by atoms with Gasteiger partial charge in [-0.25, -0.2) is 4.98 Å². The molecule has 1 fully saturated rings. The lowest BCUT2D eigenvalue weighted by Crippen LogP contribution is -2.50. The van der Waals surface area contributed by atoms with E-state index < -0.39 is 0 Å². The lowest BCUT2D eigenvalue weighted by Gasteiger charge is -2.43. The summed E-state index contributed by atoms with van der Waals surface area (Å²) < 4.78 is 0. The Balaban J connectivity index is 2.38. The first-order chi connectivity index (χ1) is 9.67. The number of thiazole rings is 1. The maximum Gasteiger partial charge on any atom is 0.114 e. The van der Waals surface area contributed by atoms with Gasteiger partial charge in [0.15, 0.2) is 0 Å². The fraction of sp³-hybridized carbons (Fsp3) is 0.824. The van der Waals surface area contributed by atoms with E-state index >= 15 is 0 Å². The molecule has 114 valence electrons. The van der Waals surface area contributed by atoms with Crippen LogP contribution in [-0.4, -0.2) is 11.5 Å². The number of nitrogens with zero attached hydrogens (tertiary/aromatic N) is 1. The van der Waals surface area contributed by atoms with Gasteiger partial charge in [0.05, 0.1) is 11.2 Å². The first kappa shape index (κ1) is 16.0. The van der Waals surface area contributed by atoms with Gasteiger partial charge in [-0.15, -0.1) is 11.3 Å². The molecule has 0 aromatic carbocycles. The van der Waals surface area contributed by atoms with Gasteiger partial charge in [-0.1, -0.05) is 40.0 Å². The van der Waals surface area contributed by atoms with E-state index in [9.17, 15) is 0 Å². The second-order valence-electron chi connectivity index (χ2n) is 6.12. The molecule has 0 spiro atoms. The average Bonchev–Trinajstić information content (AvgIpc) is 2.86. The van der Waals surface area contributed by atoms with E-state index in [2.05, 4.69) is 33.0 Å². The van der Waals surface area contributed by atoms with E-state index in [-0.39, 0.29) is 5.54 Å². The highest BCUT2D eigenvalue weighted by atomic mass is 32.1. The molecule has 2 unspecified atom stereocenters. The third kappa shape index (κ3) is 2.94. The second kappa shape index (κ2) is 7.04. The molecule has 20 heavy (non-hydrogen) atoms. The van der Waals surface area contributed by atoms with E-state index in [0.717, 1.165) is 18.9 Å². The highest BCUT2D eigenvalue weighted by Crippen LogP contribution is 2.45. The fourth-order valence-electron chi connectivity index (χ4n) is 3.68. The maximum absolute atomic E-state index is 5.03. The zero-order valence-electron chi connectivity index (χ0n) is 13.6. The number of nitrogens with one attached hydrogen (secondary N) is 1. The predicted octanol–water partition coefficient (Wildman–Crippen LogP) is 4.81. The van der Waals surface area contributed by atoms with Gasteiger partial charge >= 0.3 is 0 Å². The summed E-state index contributed by atoms with van der Waals surface area (Å²) >= 11 is 1.94. The molecule has 0 amide bonds. The molecular weight excluding hydrogens is 264 g/mol. The normalized spacial score (nSPS) is 26.9. The number of hydrogen-bond donors (Lipinski definition) is 1. The zero-order valence-corrected chi connectivity index (χ0v) is 14.4. The van der Waals surface area contributed by atoms with Gasteiger partial charge in [0, 0.05) is 4.88 Å². The van der Waals surface area contributed by atoms with Gasteiger partial charge in [0.25, 0.3) is 0 Å². The highest BCUT2D eigenvalue weighted by Gasteiger charge is 2.43. The zero-order chi connectivity index (χ0) is 14.6. The van der Waals surface area contributed by atoms with Crippen molar-refractivity contribution in [2.75, 3.05) is 6.54 Å². The van der Waals surface area contributed by atoms with Crippen molar-refractivity contribution in [3.05, 3.63) is 15.6 Å². The lowest BCUT2D eigenvalue weighted by molar-refractivity contribution is 0.135. The Labute approximate surface area is 128 Å². The largest absolute Gasteiger partial charge is 0.305 e. The Morgan fingerprint density at radius 1 is 1.30 bits per heavy atom. The summed E-state index contributed by atoms with van der Waals surface area (Å²) in [4.78, 5) is 6.45. The van der Waals surface area contributed by atoms with E-state index in [0.29, 0.717) is 0 Å². The molecule has 1 aliphatic rings. The number of aryl methyl sites for hydroxylation is 2. The van der Waals surface area contributed by atoms with Crippen molar-refractivity contribution in [2.45, 2.75) is 78.2 Å². The van der Waals surface area contributed by atoms with Crippen molar-refractivity contribution >= 4 is 11.3 Å². The summed E-state index contributed by atoms with van der Waals surface area (Å²) in [5.74, 6) is 0.748. The summed E-state index contributed by atoms with van der Waals surface area (Å²) in [5, 5.41) is 5.28. The summed E-state index contributed by atoms with van der Waals surface area (Å²) in [6.07, 6.45) is 8.87. The van der Waals surface area contributed by atoms with Crippen LogP contribution in [0.5, 0.6) is 0 Å². The predicted molar refractivity (Wildman–Crippen MR) is 88.4 cm³/mol. The van der Waals surface area contributed by atoms with Crippen LogP contribution in [0.2, 0.25) is 0 Å². The monoisotopic (exact) mass is 294 g/mol. The first-order valence-corrected chi connectivity index (χ1v) is 9.21. The molecule has 0 saturated heterocycles. The van der Waals surface area contributed by atoms with E-state index in [4.69, 9.17) is 4.98 Å². The standard InChI is InChI=1S/C17H30N2S/c1-5-12-18-17(11-9-8-10-14(17)6-2)16-19-15(7-3)13(4)20-16/h14,18H,5-12H2,1-4H3. The molecule has 2 rings (SSSR count). The van der Waals surface area contributed by atoms with Crippen LogP contribution in [0.4, 0.5) is 0 Å². The minimum atomic E-state index is 0.159. The van der Waals surface area contributed by atoms with E-state index in [1.54, 1.807) is 0 Å². The topological polar surface area (TPSA) is 24.9 Å². The maximum atomic E-state index is 5.03. The van der Waals surface area contributed by atoms with Crippen molar-refractivity contribution < 1.29 is 0 Å². The second-order valence-corrected chi connectivity index (χ2v) is 7.33. The Bertz CT molecular complexity index is 427. The summed E-state index contributed by atoms with van der Waals surface area (Å²) in [5.41, 5.74) is 1.47. The molecule has 2 atom stereocenters. The molecule has 1 aliphatic carbocycles. The molecular formula is C17H30N2S. The summed E-state index contributed by atoms with van der Waals surface area (Å²) in [7, 11) is 0. The summed E-state index contributed by atoms with van der Waals surface area (Å²) in [6.45, 7) is 10.2. The van der Waals surface area contributed by atoms with Crippen molar-refractivity contribution in [2.24, 2.45) is 5.92 Å². The van der Waals surface area contributed by atoms with Gasteiger partial charge in [0.1, 0.15) is 5.01 Å². The fourth-order valence-corrected chi connectivity index (χ4v) is 4.96. The summed E-state index contributed by atoms with van der Waals surface area (Å²) in [6, 6.07) is 0.